The smallest absolute Gasteiger partial charge is 0.369 e. The van der Waals surface area contributed by atoms with E-state index in [1.165, 1.54) is 12.3 Å². The molecule has 1 fully saturated rings. The van der Waals surface area contributed by atoms with Gasteiger partial charge in [0.2, 0.25) is 0 Å². The third kappa shape index (κ3) is 4.08. The molecule has 4 rings (SSSR count). The lowest BCUT2D eigenvalue weighted by Crippen LogP contribution is -2.35. The summed E-state index contributed by atoms with van der Waals surface area (Å²) in [7, 11) is 0. The van der Waals surface area contributed by atoms with Crippen LogP contribution in [-0.4, -0.2) is 47.0 Å². The molecule has 0 spiro atoms. The summed E-state index contributed by atoms with van der Waals surface area (Å²) in [4.78, 5) is 25.0. The van der Waals surface area contributed by atoms with Crippen LogP contribution in [0, 0.1) is 6.92 Å². The highest BCUT2D eigenvalue weighted by atomic mass is 19.4. The molecule has 5 nitrogen and oxygen atoms in total. The van der Waals surface area contributed by atoms with Gasteiger partial charge in [-0.05, 0) is 43.2 Å². The van der Waals surface area contributed by atoms with E-state index in [9.17, 15) is 18.0 Å². The highest BCUT2D eigenvalue weighted by Gasteiger charge is 2.31. The van der Waals surface area contributed by atoms with Crippen LogP contribution in [0.4, 0.5) is 18.9 Å². The zero-order valence-corrected chi connectivity index (χ0v) is 16.5. The molecule has 8 heteroatoms. The molecule has 0 unspecified atom stereocenters. The normalized spacial score (nSPS) is 15.3. The number of halogens is 3. The predicted molar refractivity (Wildman–Crippen MR) is 108 cm³/mol. The van der Waals surface area contributed by atoms with E-state index in [4.69, 9.17) is 0 Å². The second-order valence-electron chi connectivity index (χ2n) is 7.44. The molecule has 0 atom stereocenters. The monoisotopic (exact) mass is 414 g/mol. The fourth-order valence-corrected chi connectivity index (χ4v) is 3.80. The summed E-state index contributed by atoms with van der Waals surface area (Å²) in [6, 6.07) is 7.29. The van der Waals surface area contributed by atoms with Crippen molar-refractivity contribution in [2.45, 2.75) is 19.5 Å². The van der Waals surface area contributed by atoms with E-state index in [1.807, 2.05) is 24.0 Å². The molecule has 1 aromatic carbocycles. The minimum atomic E-state index is -4.40. The summed E-state index contributed by atoms with van der Waals surface area (Å²) in [5.41, 5.74) is 1.93. The third-order valence-corrected chi connectivity index (χ3v) is 5.29. The molecule has 30 heavy (non-hydrogen) atoms. The fraction of sp³-hybridized carbons (Fsp3) is 0.318. The maximum atomic E-state index is 13.0. The van der Waals surface area contributed by atoms with Gasteiger partial charge in [0.25, 0.3) is 5.91 Å². The number of pyridine rings is 2. The molecule has 0 bridgehead atoms. The SMILES string of the molecule is Cc1cncc(C(=O)N2CCCN(c3ccnc4cc(C(F)(F)F)ccc34)CC2)c1. The number of amides is 1. The van der Waals surface area contributed by atoms with Crippen molar-refractivity contribution in [1.29, 1.82) is 0 Å². The molecular formula is C22H21F3N4O. The van der Waals surface area contributed by atoms with E-state index in [-0.39, 0.29) is 5.91 Å². The average molecular weight is 414 g/mol. The molecular weight excluding hydrogens is 393 g/mol. The standard InChI is InChI=1S/C22H21F3N4O/c1-15-11-16(14-26-13-15)21(30)29-8-2-7-28(9-10-29)20-5-6-27-19-12-17(22(23,24)25)3-4-18(19)20/h3-6,11-14H,2,7-10H2,1H3. The van der Waals surface area contributed by atoms with Gasteiger partial charge < -0.3 is 9.80 Å². The van der Waals surface area contributed by atoms with Crippen LogP contribution in [0.1, 0.15) is 27.9 Å². The Morgan fingerprint density at radius 3 is 2.63 bits per heavy atom. The molecule has 0 saturated carbocycles. The maximum absolute atomic E-state index is 13.0. The molecule has 1 aliphatic rings. The van der Waals surface area contributed by atoms with Gasteiger partial charge in [-0.15, -0.1) is 0 Å². The van der Waals surface area contributed by atoms with E-state index in [1.54, 1.807) is 12.4 Å². The first-order valence-electron chi connectivity index (χ1n) is 9.75. The van der Waals surface area contributed by atoms with Gasteiger partial charge in [0.1, 0.15) is 0 Å². The Hall–Kier alpha value is -3.16. The summed E-state index contributed by atoms with van der Waals surface area (Å²) >= 11 is 0. The highest BCUT2D eigenvalue weighted by Crippen LogP contribution is 2.33. The highest BCUT2D eigenvalue weighted by molar-refractivity contribution is 5.94. The van der Waals surface area contributed by atoms with Gasteiger partial charge >= 0.3 is 6.18 Å². The van der Waals surface area contributed by atoms with Crippen molar-refractivity contribution < 1.29 is 18.0 Å². The van der Waals surface area contributed by atoms with Gasteiger partial charge in [0.15, 0.2) is 0 Å². The summed E-state index contributed by atoms with van der Waals surface area (Å²) in [5, 5.41) is 0.674. The number of nitrogens with zero attached hydrogens (tertiary/aromatic N) is 4. The molecule has 1 amide bonds. The first kappa shape index (κ1) is 20.1. The predicted octanol–water partition coefficient (Wildman–Crippen LogP) is 4.31. The number of fused-ring (bicyclic) bond motifs is 1. The lowest BCUT2D eigenvalue weighted by molar-refractivity contribution is -0.137. The molecule has 0 aliphatic carbocycles. The number of hydrogen-bond acceptors (Lipinski definition) is 4. The van der Waals surface area contributed by atoms with Crippen LogP contribution < -0.4 is 4.90 Å². The van der Waals surface area contributed by atoms with E-state index < -0.39 is 11.7 Å². The number of aromatic nitrogens is 2. The number of alkyl halides is 3. The van der Waals surface area contributed by atoms with Crippen LogP contribution >= 0.6 is 0 Å². The number of aryl methyl sites for hydroxylation is 1. The van der Waals surface area contributed by atoms with Crippen LogP contribution in [0.25, 0.3) is 10.9 Å². The lowest BCUT2D eigenvalue weighted by Gasteiger charge is -2.25. The van der Waals surface area contributed by atoms with Gasteiger partial charge in [0.05, 0.1) is 16.6 Å². The quantitative estimate of drug-likeness (QED) is 0.627. The number of anilines is 1. The minimum Gasteiger partial charge on any atom is -0.369 e. The van der Waals surface area contributed by atoms with E-state index in [0.29, 0.717) is 42.6 Å². The van der Waals surface area contributed by atoms with E-state index in [0.717, 1.165) is 29.8 Å². The van der Waals surface area contributed by atoms with E-state index >= 15 is 0 Å². The summed E-state index contributed by atoms with van der Waals surface area (Å²) < 4.78 is 39.1. The first-order valence-corrected chi connectivity index (χ1v) is 9.75. The van der Waals surface area contributed by atoms with Crippen LogP contribution in [0.3, 0.4) is 0 Å². The Morgan fingerprint density at radius 1 is 1.03 bits per heavy atom. The lowest BCUT2D eigenvalue weighted by atomic mass is 10.1. The Labute approximate surface area is 172 Å². The van der Waals surface area contributed by atoms with Crippen molar-refractivity contribution in [3.05, 3.63) is 65.6 Å². The molecule has 1 saturated heterocycles. The maximum Gasteiger partial charge on any atom is 0.416 e. The zero-order chi connectivity index (χ0) is 21.3. The van der Waals surface area contributed by atoms with E-state index in [2.05, 4.69) is 14.9 Å². The molecule has 1 aliphatic heterocycles. The van der Waals surface area contributed by atoms with Gasteiger partial charge in [-0.2, -0.15) is 13.2 Å². The number of benzene rings is 1. The topological polar surface area (TPSA) is 49.3 Å². The molecule has 0 N–H and O–H groups in total. The Kier molecular flexibility index (Phi) is 5.32. The first-order chi connectivity index (χ1) is 14.3. The number of carbonyl (C=O) groups excluding carboxylic acids is 1. The molecule has 156 valence electrons. The zero-order valence-electron chi connectivity index (χ0n) is 16.5. The molecule has 3 heterocycles. The molecule has 0 radical (unpaired) electrons. The summed E-state index contributed by atoms with van der Waals surface area (Å²) in [6.07, 6.45) is 1.17. The van der Waals surface area contributed by atoms with Crippen molar-refractivity contribution in [2.75, 3.05) is 31.1 Å². The minimum absolute atomic E-state index is 0.0533. The average Bonchev–Trinajstić information content (AvgIpc) is 2.98. The van der Waals surface area contributed by atoms with Crippen molar-refractivity contribution in [2.24, 2.45) is 0 Å². The van der Waals surface area contributed by atoms with Crippen molar-refractivity contribution in [3.63, 3.8) is 0 Å². The Bertz CT molecular complexity index is 1080. The molecule has 2 aromatic heterocycles. The number of rotatable bonds is 2. The summed E-state index contributed by atoms with van der Waals surface area (Å²) in [6.45, 7) is 4.33. The molecule has 3 aromatic rings. The largest absolute Gasteiger partial charge is 0.416 e. The van der Waals surface area contributed by atoms with Crippen LogP contribution in [0.5, 0.6) is 0 Å². The second-order valence-corrected chi connectivity index (χ2v) is 7.44. The van der Waals surface area contributed by atoms with Crippen molar-refractivity contribution in [1.82, 2.24) is 14.9 Å². The summed E-state index contributed by atoms with van der Waals surface area (Å²) in [5.74, 6) is -0.0533. The number of carbonyl (C=O) groups is 1. The Morgan fingerprint density at radius 2 is 1.87 bits per heavy atom. The van der Waals surface area contributed by atoms with Gasteiger partial charge in [-0.25, -0.2) is 0 Å². The van der Waals surface area contributed by atoms with Crippen molar-refractivity contribution >= 4 is 22.5 Å². The van der Waals surface area contributed by atoms with Gasteiger partial charge in [0, 0.05) is 55.8 Å². The van der Waals surface area contributed by atoms with Gasteiger partial charge in [-0.1, -0.05) is 6.07 Å². The Balaban J connectivity index is 1.56. The van der Waals surface area contributed by atoms with Crippen molar-refractivity contribution in [3.8, 4) is 0 Å². The van der Waals surface area contributed by atoms with Gasteiger partial charge in [-0.3, -0.25) is 14.8 Å². The van der Waals surface area contributed by atoms with Crippen LogP contribution in [-0.2, 0) is 6.18 Å². The fourth-order valence-electron chi connectivity index (χ4n) is 3.80. The third-order valence-electron chi connectivity index (χ3n) is 5.29. The van der Waals surface area contributed by atoms with Crippen LogP contribution in [0.2, 0.25) is 0 Å². The van der Waals surface area contributed by atoms with Crippen LogP contribution in [0.15, 0.2) is 48.9 Å². The number of hydrogen-bond donors (Lipinski definition) is 0. The second kappa shape index (κ2) is 7.93.